The van der Waals surface area contributed by atoms with E-state index in [1.54, 1.807) is 31.0 Å². The monoisotopic (exact) mass is 395 g/mol. The minimum absolute atomic E-state index is 0.0167. The van der Waals surface area contributed by atoms with Gasteiger partial charge in [-0.15, -0.1) is 0 Å². The second-order valence-electron chi connectivity index (χ2n) is 5.91. The van der Waals surface area contributed by atoms with Crippen molar-refractivity contribution in [3.63, 3.8) is 0 Å². The lowest BCUT2D eigenvalue weighted by molar-refractivity contribution is -0.120. The van der Waals surface area contributed by atoms with Crippen LogP contribution in [0, 0.1) is 12.7 Å². The number of thioether (sulfide) groups is 1. The summed E-state index contributed by atoms with van der Waals surface area (Å²) in [7, 11) is 1.65. The largest absolute Gasteiger partial charge is 0.496 e. The molecule has 3 nitrogen and oxygen atoms in total. The summed E-state index contributed by atoms with van der Waals surface area (Å²) >= 11 is 7.54. The third kappa shape index (κ3) is 6.22. The molecule has 0 radical (unpaired) electrons. The Balaban J connectivity index is 1.65. The highest BCUT2D eigenvalue weighted by molar-refractivity contribution is 7.98. The van der Waals surface area contributed by atoms with Crippen LogP contribution in [0.3, 0.4) is 0 Å². The maximum Gasteiger partial charge on any atom is 0.220 e. The first kappa shape index (κ1) is 20.6. The number of nitrogens with one attached hydrogen (secondary N) is 1. The number of methoxy groups -OCH3 is 1. The van der Waals surface area contributed by atoms with Crippen molar-refractivity contribution in [3.8, 4) is 5.75 Å². The third-order valence-electron chi connectivity index (χ3n) is 3.98. The van der Waals surface area contributed by atoms with Crippen molar-refractivity contribution < 1.29 is 13.9 Å². The van der Waals surface area contributed by atoms with Gasteiger partial charge in [-0.1, -0.05) is 29.8 Å². The summed E-state index contributed by atoms with van der Waals surface area (Å²) in [5.41, 5.74) is 2.69. The molecule has 26 heavy (non-hydrogen) atoms. The SMILES string of the molecule is COc1ccc(CCC(=O)NCCSCc2c(F)cccc2Cl)cc1C. The lowest BCUT2D eigenvalue weighted by Crippen LogP contribution is -2.25. The van der Waals surface area contributed by atoms with E-state index < -0.39 is 0 Å². The van der Waals surface area contributed by atoms with Gasteiger partial charge >= 0.3 is 0 Å². The van der Waals surface area contributed by atoms with Crippen LogP contribution < -0.4 is 10.1 Å². The van der Waals surface area contributed by atoms with Gasteiger partial charge in [0.1, 0.15) is 11.6 Å². The molecule has 0 fully saturated rings. The molecule has 140 valence electrons. The summed E-state index contributed by atoms with van der Waals surface area (Å²) in [5, 5.41) is 3.34. The van der Waals surface area contributed by atoms with Gasteiger partial charge in [0.2, 0.25) is 5.91 Å². The van der Waals surface area contributed by atoms with Gasteiger partial charge in [0.15, 0.2) is 0 Å². The molecular weight excluding hydrogens is 373 g/mol. The predicted molar refractivity (Wildman–Crippen MR) is 107 cm³/mol. The molecule has 2 rings (SSSR count). The van der Waals surface area contributed by atoms with E-state index >= 15 is 0 Å². The van der Waals surface area contributed by atoms with Crippen LogP contribution in [0.1, 0.15) is 23.1 Å². The molecule has 0 unspecified atom stereocenters. The number of carbonyl (C=O) groups is 1. The molecule has 6 heteroatoms. The first-order valence-corrected chi connectivity index (χ1v) is 9.95. The zero-order valence-corrected chi connectivity index (χ0v) is 16.6. The van der Waals surface area contributed by atoms with E-state index in [1.807, 2.05) is 25.1 Å². The minimum atomic E-state index is -0.288. The van der Waals surface area contributed by atoms with Crippen LogP contribution in [0.2, 0.25) is 5.02 Å². The number of aryl methyl sites for hydroxylation is 2. The first-order chi connectivity index (χ1) is 12.5. The highest BCUT2D eigenvalue weighted by Gasteiger charge is 2.07. The van der Waals surface area contributed by atoms with Crippen molar-refractivity contribution in [1.82, 2.24) is 5.32 Å². The van der Waals surface area contributed by atoms with Gasteiger partial charge in [0.05, 0.1) is 7.11 Å². The van der Waals surface area contributed by atoms with Crippen molar-refractivity contribution in [2.45, 2.75) is 25.5 Å². The van der Waals surface area contributed by atoms with E-state index in [9.17, 15) is 9.18 Å². The summed E-state index contributed by atoms with van der Waals surface area (Å²) in [6.45, 7) is 2.54. The highest BCUT2D eigenvalue weighted by atomic mass is 35.5. The van der Waals surface area contributed by atoms with Crippen molar-refractivity contribution >= 4 is 29.3 Å². The molecule has 0 aliphatic heterocycles. The molecule has 0 saturated heterocycles. The number of hydrogen-bond donors (Lipinski definition) is 1. The van der Waals surface area contributed by atoms with E-state index in [1.165, 1.54) is 6.07 Å². The average Bonchev–Trinajstić information content (AvgIpc) is 2.62. The quantitative estimate of drug-likeness (QED) is 0.621. The predicted octanol–water partition coefficient (Wildman–Crippen LogP) is 4.78. The molecule has 0 saturated carbocycles. The van der Waals surface area contributed by atoms with Crippen molar-refractivity contribution in [1.29, 1.82) is 0 Å². The number of carbonyl (C=O) groups excluding carboxylic acids is 1. The first-order valence-electron chi connectivity index (χ1n) is 8.42. The van der Waals surface area contributed by atoms with Crippen LogP contribution in [0.15, 0.2) is 36.4 Å². The summed E-state index contributed by atoms with van der Waals surface area (Å²) in [6.07, 6.45) is 1.13. The van der Waals surface area contributed by atoms with Gasteiger partial charge in [-0.3, -0.25) is 4.79 Å². The topological polar surface area (TPSA) is 38.3 Å². The molecule has 1 N–H and O–H groups in total. The van der Waals surface area contributed by atoms with Crippen molar-refractivity contribution in [2.75, 3.05) is 19.4 Å². The molecule has 2 aromatic rings. The summed E-state index contributed by atoms with van der Waals surface area (Å²) in [6, 6.07) is 10.6. The van der Waals surface area contributed by atoms with E-state index in [0.717, 1.165) is 16.9 Å². The van der Waals surface area contributed by atoms with E-state index in [2.05, 4.69) is 5.32 Å². The Labute approximate surface area is 163 Å². The molecule has 0 aliphatic rings. The Morgan fingerprint density at radius 2 is 2.12 bits per heavy atom. The Morgan fingerprint density at radius 3 is 2.81 bits per heavy atom. The van der Waals surface area contributed by atoms with Crippen molar-refractivity contribution in [2.24, 2.45) is 0 Å². The molecule has 1 amide bonds. The number of halogens is 2. The van der Waals surface area contributed by atoms with Gasteiger partial charge < -0.3 is 10.1 Å². The third-order valence-corrected chi connectivity index (χ3v) is 5.32. The number of hydrogen-bond acceptors (Lipinski definition) is 3. The minimum Gasteiger partial charge on any atom is -0.496 e. The summed E-state index contributed by atoms with van der Waals surface area (Å²) in [5.74, 6) is 1.78. The van der Waals surface area contributed by atoms with Crippen LogP contribution >= 0.6 is 23.4 Å². The molecule has 0 heterocycles. The molecule has 0 aliphatic carbocycles. The van der Waals surface area contributed by atoms with E-state index in [-0.39, 0.29) is 11.7 Å². The molecule has 0 aromatic heterocycles. The average molecular weight is 396 g/mol. The summed E-state index contributed by atoms with van der Waals surface area (Å²) < 4.78 is 18.9. The maximum atomic E-state index is 13.7. The number of benzene rings is 2. The van der Waals surface area contributed by atoms with E-state index in [0.29, 0.717) is 41.5 Å². The normalized spacial score (nSPS) is 10.6. The molecule has 0 bridgehead atoms. The standard InChI is InChI=1S/C20H23ClFNO2S/c1-14-12-15(6-8-19(14)25-2)7-9-20(24)23-10-11-26-13-16-17(21)4-3-5-18(16)22/h3-6,8,12H,7,9-11,13H2,1-2H3,(H,23,24). The highest BCUT2D eigenvalue weighted by Crippen LogP contribution is 2.23. The van der Waals surface area contributed by atoms with Crippen LogP contribution in [-0.2, 0) is 17.0 Å². The molecule has 2 aromatic carbocycles. The van der Waals surface area contributed by atoms with Gasteiger partial charge in [-0.2, -0.15) is 11.8 Å². The number of amides is 1. The summed E-state index contributed by atoms with van der Waals surface area (Å²) in [4.78, 5) is 11.9. The maximum absolute atomic E-state index is 13.7. The fourth-order valence-electron chi connectivity index (χ4n) is 2.55. The van der Waals surface area contributed by atoms with Gasteiger partial charge in [0.25, 0.3) is 0 Å². The van der Waals surface area contributed by atoms with E-state index in [4.69, 9.17) is 16.3 Å². The van der Waals surface area contributed by atoms with Gasteiger partial charge in [-0.25, -0.2) is 4.39 Å². The van der Waals surface area contributed by atoms with Crippen LogP contribution in [-0.4, -0.2) is 25.3 Å². The van der Waals surface area contributed by atoms with Crippen LogP contribution in [0.4, 0.5) is 4.39 Å². The number of ether oxygens (including phenoxy) is 1. The van der Waals surface area contributed by atoms with Gasteiger partial charge in [-0.05, 0) is 42.7 Å². The Morgan fingerprint density at radius 1 is 1.31 bits per heavy atom. The Hall–Kier alpha value is -1.72. The lowest BCUT2D eigenvalue weighted by atomic mass is 10.1. The fourth-order valence-corrected chi connectivity index (χ4v) is 3.75. The second-order valence-corrected chi connectivity index (χ2v) is 7.42. The van der Waals surface area contributed by atoms with Crippen LogP contribution in [0.25, 0.3) is 0 Å². The number of rotatable bonds is 9. The van der Waals surface area contributed by atoms with Crippen molar-refractivity contribution in [3.05, 3.63) is 63.9 Å². The Bertz CT molecular complexity index is 734. The molecular formula is C20H23ClFNO2S. The Kier molecular flexibility index (Phi) is 8.26. The lowest BCUT2D eigenvalue weighted by Gasteiger charge is -2.09. The molecule has 0 spiro atoms. The zero-order valence-electron chi connectivity index (χ0n) is 15.0. The second kappa shape index (κ2) is 10.4. The molecule has 0 atom stereocenters. The fraction of sp³-hybridized carbons (Fsp3) is 0.350. The smallest absolute Gasteiger partial charge is 0.220 e. The van der Waals surface area contributed by atoms with Gasteiger partial charge in [0, 0.05) is 35.1 Å². The van der Waals surface area contributed by atoms with Crippen LogP contribution in [0.5, 0.6) is 5.75 Å². The zero-order chi connectivity index (χ0) is 18.9.